The lowest BCUT2D eigenvalue weighted by atomic mass is 9.32. The van der Waals surface area contributed by atoms with Crippen LogP contribution in [0.5, 0.6) is 0 Å². The monoisotopic (exact) mass is 825 g/mol. The fourth-order valence-electron chi connectivity index (χ4n) is 20.9. The predicted octanol–water partition coefficient (Wildman–Crippen LogP) is 16.3. The van der Waals surface area contributed by atoms with E-state index in [2.05, 4.69) is 96.1 Å². The molecule has 9 aliphatic carbocycles. The molecule has 0 N–H and O–H groups in total. The topological polar surface area (TPSA) is 26.3 Å². The highest BCUT2D eigenvalue weighted by atomic mass is 16.5. The molecule has 0 aromatic carbocycles. The van der Waals surface area contributed by atoms with Gasteiger partial charge in [-0.2, -0.15) is 0 Å². The molecular weight excluding hydrogens is 729 g/mol. The SMILES string of the molecule is CC(C)CCC[C@@H](C)[C@H]1CC[C@H]2[C@@H]3CC=C4C[C@@H](OC(=O)[C@]56CC[C@@H](C(C)C)C5[C@H]5CC[C@@H]7[C@@]8(C)CCC(C)C(C)(C)C8CC[C@@]7(C)[C@]5(C)CC6)CC[C@]4(C)[C@H]3CC[C@]12C. The molecule has 18 atom stereocenters. The number of carbonyl (C=O) groups excluding carboxylic acids is 1. The average Bonchev–Trinajstić information content (AvgIpc) is 3.76. The minimum Gasteiger partial charge on any atom is -0.462 e. The normalized spacial score (nSPS) is 52.2. The Morgan fingerprint density at radius 2 is 1.42 bits per heavy atom. The molecule has 0 aliphatic heterocycles. The van der Waals surface area contributed by atoms with E-state index in [1.165, 1.54) is 109 Å². The smallest absolute Gasteiger partial charge is 0.312 e. The molecule has 60 heavy (non-hydrogen) atoms. The fourth-order valence-corrected chi connectivity index (χ4v) is 20.9. The summed E-state index contributed by atoms with van der Waals surface area (Å²) >= 11 is 0. The van der Waals surface area contributed by atoms with E-state index in [1.807, 2.05) is 0 Å². The Hall–Kier alpha value is -0.790. The molecule has 0 heterocycles. The van der Waals surface area contributed by atoms with Crippen LogP contribution in [0.1, 0.15) is 225 Å². The summed E-state index contributed by atoms with van der Waals surface area (Å²) in [5.74, 6) is 10.3. The summed E-state index contributed by atoms with van der Waals surface area (Å²) < 4.78 is 7.05. The van der Waals surface area contributed by atoms with Crippen LogP contribution in [0.2, 0.25) is 0 Å². The number of carbonyl (C=O) groups is 1. The zero-order valence-electron chi connectivity index (χ0n) is 41.8. The second-order valence-electron chi connectivity index (χ2n) is 27.6. The van der Waals surface area contributed by atoms with E-state index in [-0.39, 0.29) is 17.5 Å². The second-order valence-corrected chi connectivity index (χ2v) is 27.6. The van der Waals surface area contributed by atoms with Gasteiger partial charge in [-0.3, -0.25) is 4.79 Å². The maximum absolute atomic E-state index is 15.3. The zero-order valence-corrected chi connectivity index (χ0v) is 41.8. The Balaban J connectivity index is 0.910. The molecule has 340 valence electrons. The van der Waals surface area contributed by atoms with Gasteiger partial charge in [-0.25, -0.2) is 0 Å². The molecule has 0 saturated heterocycles. The van der Waals surface area contributed by atoms with Gasteiger partial charge in [-0.15, -0.1) is 0 Å². The molecule has 9 aliphatic rings. The minimum atomic E-state index is -0.267. The van der Waals surface area contributed by atoms with Gasteiger partial charge >= 0.3 is 5.97 Å². The summed E-state index contributed by atoms with van der Waals surface area (Å²) in [6.07, 6.45) is 30.4. The van der Waals surface area contributed by atoms with Gasteiger partial charge in [0, 0.05) is 6.42 Å². The molecule has 0 spiro atoms. The number of hydrogen-bond acceptors (Lipinski definition) is 2. The van der Waals surface area contributed by atoms with Gasteiger partial charge in [0.1, 0.15) is 6.10 Å². The molecule has 3 unspecified atom stereocenters. The van der Waals surface area contributed by atoms with Crippen LogP contribution < -0.4 is 0 Å². The van der Waals surface area contributed by atoms with Gasteiger partial charge in [0.25, 0.3) is 0 Å². The quantitative estimate of drug-likeness (QED) is 0.180. The first-order valence-electron chi connectivity index (χ1n) is 27.1. The maximum Gasteiger partial charge on any atom is 0.312 e. The number of fused-ring (bicyclic) bond motifs is 12. The van der Waals surface area contributed by atoms with Crippen molar-refractivity contribution in [2.75, 3.05) is 0 Å². The third-order valence-electron chi connectivity index (χ3n) is 24.8. The standard InChI is InChI=1S/C58H96O2/c1-36(2)15-14-16-38(5)44-19-20-45-43-18-17-40-35-41(24-29-53(40,9)46(43)26-30-54(44,45)10)60-51(59)58-32-25-42(37(3)4)50(58)47-21-22-49-55(11)28-23-39(6)52(7,8)48(55)27-31-57(49,13)56(47,12)33-34-58/h17,36-39,41-50H,14-16,18-35H2,1-13H3/t38-,39?,41+,42+,43+,44-,45+,46+,47-,48?,49-,50?,53+,54-,55+,56-,57-,58+/m1/s1. The largest absolute Gasteiger partial charge is 0.462 e. The van der Waals surface area contributed by atoms with Crippen molar-refractivity contribution in [2.24, 2.45) is 115 Å². The predicted molar refractivity (Wildman–Crippen MR) is 251 cm³/mol. The van der Waals surface area contributed by atoms with E-state index in [0.29, 0.717) is 56.2 Å². The Morgan fingerprint density at radius 3 is 2.15 bits per heavy atom. The van der Waals surface area contributed by atoms with Gasteiger partial charge < -0.3 is 4.74 Å². The Labute approximate surface area is 371 Å². The van der Waals surface area contributed by atoms with Gasteiger partial charge in [0.15, 0.2) is 0 Å². The van der Waals surface area contributed by atoms with Crippen molar-refractivity contribution in [2.45, 2.75) is 231 Å². The zero-order chi connectivity index (χ0) is 43.0. The van der Waals surface area contributed by atoms with Crippen LogP contribution in [-0.2, 0) is 9.53 Å². The third-order valence-corrected chi connectivity index (χ3v) is 24.8. The lowest BCUT2D eigenvalue weighted by Gasteiger charge is -2.73. The van der Waals surface area contributed by atoms with Gasteiger partial charge in [-0.1, -0.05) is 121 Å². The van der Waals surface area contributed by atoms with E-state index >= 15 is 4.79 Å². The van der Waals surface area contributed by atoms with Crippen molar-refractivity contribution in [3.05, 3.63) is 11.6 Å². The van der Waals surface area contributed by atoms with Crippen molar-refractivity contribution >= 4 is 5.97 Å². The van der Waals surface area contributed by atoms with E-state index < -0.39 is 0 Å². The molecule has 0 aromatic heterocycles. The number of rotatable bonds is 8. The van der Waals surface area contributed by atoms with Crippen molar-refractivity contribution in [1.29, 1.82) is 0 Å². The van der Waals surface area contributed by atoms with Gasteiger partial charge in [0.05, 0.1) is 5.41 Å². The van der Waals surface area contributed by atoms with Crippen LogP contribution >= 0.6 is 0 Å². The van der Waals surface area contributed by atoms with Crippen LogP contribution in [-0.4, -0.2) is 12.1 Å². The summed E-state index contributed by atoms with van der Waals surface area (Å²) in [7, 11) is 0. The van der Waals surface area contributed by atoms with Crippen molar-refractivity contribution < 1.29 is 9.53 Å². The number of hydrogen-bond donors (Lipinski definition) is 0. The van der Waals surface area contributed by atoms with E-state index in [0.717, 1.165) is 78.9 Å². The highest BCUT2D eigenvalue weighted by Crippen LogP contribution is 2.78. The molecular formula is C58H96O2. The van der Waals surface area contributed by atoms with E-state index in [1.54, 1.807) is 5.57 Å². The second kappa shape index (κ2) is 15.1. The van der Waals surface area contributed by atoms with E-state index in [4.69, 9.17) is 4.74 Å². The summed E-state index contributed by atoms with van der Waals surface area (Å²) in [6, 6.07) is 0. The molecule has 9 rings (SSSR count). The lowest BCUT2D eigenvalue weighted by Crippen LogP contribution is -2.66. The summed E-state index contributed by atoms with van der Waals surface area (Å²) in [5, 5.41) is 0. The van der Waals surface area contributed by atoms with Crippen LogP contribution in [0.3, 0.4) is 0 Å². The molecule has 8 saturated carbocycles. The number of allylic oxidation sites excluding steroid dienone is 1. The van der Waals surface area contributed by atoms with Crippen LogP contribution in [0.25, 0.3) is 0 Å². The van der Waals surface area contributed by atoms with Crippen molar-refractivity contribution in [3.63, 3.8) is 0 Å². The average molecular weight is 825 g/mol. The van der Waals surface area contributed by atoms with Gasteiger partial charge in [-0.05, 0) is 219 Å². The first-order chi connectivity index (χ1) is 28.2. The molecule has 8 fully saturated rings. The third kappa shape index (κ3) is 6.24. The number of ether oxygens (including phenoxy) is 1. The summed E-state index contributed by atoms with van der Waals surface area (Å²) in [6.45, 7) is 33.9. The number of esters is 1. The fraction of sp³-hybridized carbons (Fsp3) is 0.948. The van der Waals surface area contributed by atoms with E-state index in [9.17, 15) is 0 Å². The van der Waals surface area contributed by atoms with Crippen LogP contribution in [0.4, 0.5) is 0 Å². The molecule has 0 amide bonds. The first-order valence-corrected chi connectivity index (χ1v) is 27.1. The summed E-state index contributed by atoms with van der Waals surface area (Å²) in [4.78, 5) is 15.3. The van der Waals surface area contributed by atoms with Gasteiger partial charge in [0.2, 0.25) is 0 Å². The maximum atomic E-state index is 15.3. The molecule has 0 radical (unpaired) electrons. The van der Waals surface area contributed by atoms with Crippen molar-refractivity contribution in [3.8, 4) is 0 Å². The Morgan fingerprint density at radius 1 is 0.683 bits per heavy atom. The minimum absolute atomic E-state index is 0.0757. The van der Waals surface area contributed by atoms with Crippen LogP contribution in [0.15, 0.2) is 11.6 Å². The Kier molecular flexibility index (Phi) is 11.2. The van der Waals surface area contributed by atoms with Crippen molar-refractivity contribution in [1.82, 2.24) is 0 Å². The lowest BCUT2D eigenvalue weighted by molar-refractivity contribution is -0.245. The molecule has 2 heteroatoms. The molecule has 0 bridgehead atoms. The Bertz CT molecular complexity index is 1650. The highest BCUT2D eigenvalue weighted by Gasteiger charge is 2.72. The molecule has 2 nitrogen and oxygen atoms in total. The first kappa shape index (κ1) is 44.4. The molecule has 0 aromatic rings. The van der Waals surface area contributed by atoms with Crippen LogP contribution in [0, 0.1) is 115 Å². The summed E-state index contributed by atoms with van der Waals surface area (Å²) in [5.41, 5.74) is 3.79. The highest BCUT2D eigenvalue weighted by molar-refractivity contribution is 5.78.